The summed E-state index contributed by atoms with van der Waals surface area (Å²) in [7, 11) is 0. The molecule has 0 spiro atoms. The molecular weight excluding hydrogens is 316 g/mol. The Balaban J connectivity index is 2.04. The highest BCUT2D eigenvalue weighted by atomic mass is 79.9. The summed E-state index contributed by atoms with van der Waals surface area (Å²) in [6.07, 6.45) is 0. The summed E-state index contributed by atoms with van der Waals surface area (Å²) in [5.74, 6) is -0.0796. The Bertz CT molecular complexity index is 578. The normalized spacial score (nSPS) is 11.9. The van der Waals surface area contributed by atoms with Gasteiger partial charge in [0, 0.05) is 16.6 Å². The van der Waals surface area contributed by atoms with Gasteiger partial charge in [-0.25, -0.2) is 0 Å². The van der Waals surface area contributed by atoms with Gasteiger partial charge < -0.3 is 11.1 Å². The van der Waals surface area contributed by atoms with E-state index in [1.807, 2.05) is 43.3 Å². The summed E-state index contributed by atoms with van der Waals surface area (Å²) >= 11 is 3.40. The number of rotatable bonds is 4. The summed E-state index contributed by atoms with van der Waals surface area (Å²) in [5, 5.41) is 2.98. The first-order valence-corrected chi connectivity index (χ1v) is 7.25. The van der Waals surface area contributed by atoms with Gasteiger partial charge in [-0.3, -0.25) is 4.79 Å². The highest BCUT2D eigenvalue weighted by molar-refractivity contribution is 9.10. The summed E-state index contributed by atoms with van der Waals surface area (Å²) < 4.78 is 1.03. The smallest absolute Gasteiger partial charge is 0.251 e. The van der Waals surface area contributed by atoms with E-state index in [-0.39, 0.29) is 11.9 Å². The second-order valence-electron chi connectivity index (χ2n) is 4.65. The Morgan fingerprint density at radius 1 is 1.15 bits per heavy atom. The maximum Gasteiger partial charge on any atom is 0.251 e. The van der Waals surface area contributed by atoms with Crippen LogP contribution in [0.5, 0.6) is 0 Å². The van der Waals surface area contributed by atoms with Crippen LogP contribution < -0.4 is 11.1 Å². The van der Waals surface area contributed by atoms with Gasteiger partial charge in [-0.2, -0.15) is 0 Å². The van der Waals surface area contributed by atoms with Crippen LogP contribution in [-0.4, -0.2) is 5.91 Å². The van der Waals surface area contributed by atoms with E-state index in [1.165, 1.54) is 0 Å². The van der Waals surface area contributed by atoms with E-state index in [0.717, 1.165) is 15.6 Å². The lowest BCUT2D eigenvalue weighted by Gasteiger charge is -2.14. The SMILES string of the molecule is CC(NC(=O)c1ccc(CN)cc1)c1ccc(Br)cc1. The zero-order chi connectivity index (χ0) is 14.5. The van der Waals surface area contributed by atoms with Crippen molar-refractivity contribution in [3.05, 3.63) is 69.7 Å². The van der Waals surface area contributed by atoms with E-state index in [1.54, 1.807) is 12.1 Å². The lowest BCUT2D eigenvalue weighted by Crippen LogP contribution is -2.26. The van der Waals surface area contributed by atoms with Crippen molar-refractivity contribution in [2.75, 3.05) is 0 Å². The quantitative estimate of drug-likeness (QED) is 0.901. The van der Waals surface area contributed by atoms with Gasteiger partial charge in [0.25, 0.3) is 5.91 Å². The van der Waals surface area contributed by atoms with Crippen LogP contribution in [0.1, 0.15) is 34.5 Å². The maximum atomic E-state index is 12.1. The lowest BCUT2D eigenvalue weighted by molar-refractivity contribution is 0.0940. The van der Waals surface area contributed by atoms with E-state index < -0.39 is 0 Å². The van der Waals surface area contributed by atoms with E-state index >= 15 is 0 Å². The molecule has 0 heterocycles. The lowest BCUT2D eigenvalue weighted by atomic mass is 10.1. The second kappa shape index (κ2) is 6.68. The highest BCUT2D eigenvalue weighted by Gasteiger charge is 2.11. The molecule has 1 amide bonds. The van der Waals surface area contributed by atoms with E-state index in [9.17, 15) is 4.79 Å². The predicted molar refractivity (Wildman–Crippen MR) is 84.4 cm³/mol. The molecule has 0 aromatic heterocycles. The molecule has 1 atom stereocenters. The van der Waals surface area contributed by atoms with Crippen molar-refractivity contribution in [1.29, 1.82) is 0 Å². The van der Waals surface area contributed by atoms with Gasteiger partial charge in [0.05, 0.1) is 6.04 Å². The minimum atomic E-state index is -0.0796. The second-order valence-corrected chi connectivity index (χ2v) is 5.56. The van der Waals surface area contributed by atoms with Gasteiger partial charge >= 0.3 is 0 Å². The summed E-state index contributed by atoms with van der Waals surface area (Å²) in [6, 6.07) is 15.2. The molecule has 4 heteroatoms. The molecule has 0 saturated carbocycles. The molecule has 0 saturated heterocycles. The number of amides is 1. The van der Waals surface area contributed by atoms with Crippen LogP contribution in [0.2, 0.25) is 0 Å². The largest absolute Gasteiger partial charge is 0.346 e. The Morgan fingerprint density at radius 2 is 1.75 bits per heavy atom. The molecule has 3 nitrogen and oxygen atoms in total. The Hall–Kier alpha value is -1.65. The molecule has 0 aliphatic rings. The highest BCUT2D eigenvalue weighted by Crippen LogP contribution is 2.17. The van der Waals surface area contributed by atoms with Gasteiger partial charge in [0.15, 0.2) is 0 Å². The molecule has 20 heavy (non-hydrogen) atoms. The average Bonchev–Trinajstić information content (AvgIpc) is 2.48. The molecule has 0 fully saturated rings. The summed E-state index contributed by atoms with van der Waals surface area (Å²) in [4.78, 5) is 12.1. The van der Waals surface area contributed by atoms with Crippen molar-refractivity contribution in [3.8, 4) is 0 Å². The number of hydrogen-bond donors (Lipinski definition) is 2. The van der Waals surface area contributed by atoms with E-state index in [2.05, 4.69) is 21.2 Å². The van der Waals surface area contributed by atoms with Crippen molar-refractivity contribution in [2.45, 2.75) is 19.5 Å². The molecule has 0 aliphatic carbocycles. The standard InChI is InChI=1S/C16H17BrN2O/c1-11(13-6-8-15(17)9-7-13)19-16(20)14-4-2-12(10-18)3-5-14/h2-9,11H,10,18H2,1H3,(H,19,20). The van der Waals surface area contributed by atoms with E-state index in [0.29, 0.717) is 12.1 Å². The van der Waals surface area contributed by atoms with Crippen LogP contribution in [0.3, 0.4) is 0 Å². The molecule has 0 aliphatic heterocycles. The third-order valence-corrected chi connectivity index (χ3v) is 3.70. The monoisotopic (exact) mass is 332 g/mol. The molecule has 2 aromatic rings. The first kappa shape index (κ1) is 14.8. The fourth-order valence-electron chi connectivity index (χ4n) is 1.91. The molecule has 0 bridgehead atoms. The zero-order valence-corrected chi connectivity index (χ0v) is 12.9. The molecular formula is C16H17BrN2O. The van der Waals surface area contributed by atoms with Crippen LogP contribution in [0.25, 0.3) is 0 Å². The number of benzene rings is 2. The van der Waals surface area contributed by atoms with Crippen molar-refractivity contribution in [2.24, 2.45) is 5.73 Å². The van der Waals surface area contributed by atoms with Gasteiger partial charge in [-0.1, -0.05) is 40.2 Å². The first-order chi connectivity index (χ1) is 9.60. The molecule has 1 unspecified atom stereocenters. The zero-order valence-electron chi connectivity index (χ0n) is 11.3. The number of hydrogen-bond acceptors (Lipinski definition) is 2. The first-order valence-electron chi connectivity index (χ1n) is 6.45. The van der Waals surface area contributed by atoms with Crippen LogP contribution in [0.15, 0.2) is 53.0 Å². The van der Waals surface area contributed by atoms with Crippen molar-refractivity contribution in [3.63, 3.8) is 0 Å². The van der Waals surface area contributed by atoms with Gasteiger partial charge in [-0.15, -0.1) is 0 Å². The fraction of sp³-hybridized carbons (Fsp3) is 0.188. The van der Waals surface area contributed by atoms with Crippen LogP contribution in [0.4, 0.5) is 0 Å². The Morgan fingerprint density at radius 3 is 2.30 bits per heavy atom. The minimum absolute atomic E-state index is 0.0372. The number of halogens is 1. The van der Waals surface area contributed by atoms with Crippen molar-refractivity contribution in [1.82, 2.24) is 5.32 Å². The third-order valence-electron chi connectivity index (χ3n) is 3.17. The molecule has 0 radical (unpaired) electrons. The van der Waals surface area contributed by atoms with Crippen LogP contribution in [0, 0.1) is 0 Å². The third kappa shape index (κ3) is 3.68. The predicted octanol–water partition coefficient (Wildman–Crippen LogP) is 3.40. The average molecular weight is 333 g/mol. The van der Waals surface area contributed by atoms with Crippen LogP contribution >= 0.6 is 15.9 Å². The molecule has 3 N–H and O–H groups in total. The van der Waals surface area contributed by atoms with Gasteiger partial charge in [-0.05, 0) is 42.3 Å². The van der Waals surface area contributed by atoms with Crippen LogP contribution in [-0.2, 0) is 6.54 Å². The molecule has 2 rings (SSSR count). The number of nitrogens with two attached hydrogens (primary N) is 1. The number of nitrogens with one attached hydrogen (secondary N) is 1. The summed E-state index contributed by atoms with van der Waals surface area (Å²) in [5.41, 5.74) is 8.27. The fourth-order valence-corrected chi connectivity index (χ4v) is 2.17. The minimum Gasteiger partial charge on any atom is -0.346 e. The van der Waals surface area contributed by atoms with Crippen molar-refractivity contribution >= 4 is 21.8 Å². The van der Waals surface area contributed by atoms with Gasteiger partial charge in [0.1, 0.15) is 0 Å². The summed E-state index contributed by atoms with van der Waals surface area (Å²) in [6.45, 7) is 2.45. The molecule has 2 aromatic carbocycles. The number of carbonyl (C=O) groups excluding carboxylic acids is 1. The molecule has 104 valence electrons. The topological polar surface area (TPSA) is 55.1 Å². The maximum absolute atomic E-state index is 12.1. The van der Waals surface area contributed by atoms with E-state index in [4.69, 9.17) is 5.73 Å². The van der Waals surface area contributed by atoms with Gasteiger partial charge in [0.2, 0.25) is 0 Å². The van der Waals surface area contributed by atoms with Crippen molar-refractivity contribution < 1.29 is 4.79 Å². The number of carbonyl (C=O) groups is 1. The Kier molecular flexibility index (Phi) is 4.93. The Labute approximate surface area is 127 Å².